The smallest absolute Gasteiger partial charge is 0.193 e. The molecule has 0 amide bonds. The molecule has 0 saturated heterocycles. The Morgan fingerprint density at radius 3 is 2.91 bits per heavy atom. The molecule has 1 aromatic carbocycles. The minimum absolute atomic E-state index is 0.825. The second kappa shape index (κ2) is 11.6. The number of hydrogen-bond donors (Lipinski definition) is 1. The number of unbranched alkanes of at least 4 members (excludes halogenated alkanes) is 1. The van der Waals surface area contributed by atoms with Crippen molar-refractivity contribution in [2.75, 3.05) is 33.8 Å². The van der Waals surface area contributed by atoms with Crippen molar-refractivity contribution in [2.24, 2.45) is 4.99 Å². The van der Waals surface area contributed by atoms with E-state index in [0.29, 0.717) is 0 Å². The fourth-order valence-electron chi connectivity index (χ4n) is 2.34. The minimum Gasteiger partial charge on any atom is -0.497 e. The third kappa shape index (κ3) is 7.73. The molecule has 23 heavy (non-hydrogen) atoms. The van der Waals surface area contributed by atoms with Crippen LogP contribution in [0.2, 0.25) is 0 Å². The number of hydrogen-bond acceptors (Lipinski definition) is 2. The van der Waals surface area contributed by atoms with Crippen LogP contribution in [0.3, 0.4) is 0 Å². The summed E-state index contributed by atoms with van der Waals surface area (Å²) in [6, 6.07) is 8.24. The monoisotopic (exact) mass is 317 g/mol. The van der Waals surface area contributed by atoms with Gasteiger partial charge in [-0.1, -0.05) is 18.2 Å². The number of aliphatic imine (C=N–C) groups is 1. The van der Waals surface area contributed by atoms with E-state index in [2.05, 4.69) is 42.9 Å². The van der Waals surface area contributed by atoms with Gasteiger partial charge in [-0.25, -0.2) is 0 Å². The van der Waals surface area contributed by atoms with Crippen LogP contribution in [0.25, 0.3) is 0 Å². The van der Waals surface area contributed by atoms with Crippen molar-refractivity contribution in [1.82, 2.24) is 10.2 Å². The highest BCUT2D eigenvalue weighted by atomic mass is 16.5. The van der Waals surface area contributed by atoms with Gasteiger partial charge in [-0.2, -0.15) is 0 Å². The fourth-order valence-corrected chi connectivity index (χ4v) is 2.34. The van der Waals surface area contributed by atoms with Gasteiger partial charge in [0, 0.05) is 26.7 Å². The van der Waals surface area contributed by atoms with Crippen LogP contribution in [0.1, 0.15) is 31.7 Å². The molecule has 4 heteroatoms. The van der Waals surface area contributed by atoms with Gasteiger partial charge in [0.1, 0.15) is 5.75 Å². The second-order valence-electron chi connectivity index (χ2n) is 5.54. The lowest BCUT2D eigenvalue weighted by Crippen LogP contribution is -2.39. The maximum Gasteiger partial charge on any atom is 0.193 e. The number of guanidine groups is 1. The maximum absolute atomic E-state index is 5.26. The lowest BCUT2D eigenvalue weighted by molar-refractivity contribution is 0.414. The first-order valence-electron chi connectivity index (χ1n) is 8.44. The number of methoxy groups -OCH3 is 1. The minimum atomic E-state index is 0.825. The molecule has 0 fully saturated rings. The van der Waals surface area contributed by atoms with Crippen LogP contribution in [0.5, 0.6) is 5.75 Å². The molecule has 0 aliphatic rings. The van der Waals surface area contributed by atoms with Crippen molar-refractivity contribution in [3.05, 3.63) is 42.5 Å². The van der Waals surface area contributed by atoms with E-state index in [4.69, 9.17) is 9.73 Å². The first-order chi connectivity index (χ1) is 11.2. The number of benzene rings is 1. The summed E-state index contributed by atoms with van der Waals surface area (Å²) in [6.45, 7) is 8.58. The quantitative estimate of drug-likeness (QED) is 0.311. The zero-order valence-corrected chi connectivity index (χ0v) is 14.8. The SMILES string of the molecule is C=CCCCN(C)C(=NCCCc1cccc(OC)c1)NCC. The van der Waals surface area contributed by atoms with Gasteiger partial charge in [0.05, 0.1) is 7.11 Å². The maximum atomic E-state index is 5.26. The number of allylic oxidation sites excluding steroid dienone is 1. The van der Waals surface area contributed by atoms with E-state index in [0.717, 1.165) is 57.0 Å². The zero-order valence-electron chi connectivity index (χ0n) is 14.8. The van der Waals surface area contributed by atoms with Crippen LogP contribution < -0.4 is 10.1 Å². The number of nitrogens with one attached hydrogen (secondary N) is 1. The first-order valence-corrected chi connectivity index (χ1v) is 8.44. The van der Waals surface area contributed by atoms with E-state index in [1.165, 1.54) is 5.56 Å². The van der Waals surface area contributed by atoms with Gasteiger partial charge in [-0.05, 0) is 50.3 Å². The summed E-state index contributed by atoms with van der Waals surface area (Å²) in [7, 11) is 3.79. The predicted molar refractivity (Wildman–Crippen MR) is 99.4 cm³/mol. The zero-order chi connectivity index (χ0) is 16.9. The van der Waals surface area contributed by atoms with Crippen molar-refractivity contribution in [2.45, 2.75) is 32.6 Å². The Morgan fingerprint density at radius 2 is 2.22 bits per heavy atom. The molecule has 0 atom stereocenters. The van der Waals surface area contributed by atoms with E-state index in [1.807, 2.05) is 18.2 Å². The topological polar surface area (TPSA) is 36.9 Å². The predicted octanol–water partition coefficient (Wildman–Crippen LogP) is 3.49. The van der Waals surface area contributed by atoms with Crippen LogP contribution in [-0.4, -0.2) is 44.7 Å². The Balaban J connectivity index is 2.45. The van der Waals surface area contributed by atoms with Crippen molar-refractivity contribution in [3.63, 3.8) is 0 Å². The van der Waals surface area contributed by atoms with Crippen molar-refractivity contribution in [1.29, 1.82) is 0 Å². The highest BCUT2D eigenvalue weighted by Gasteiger charge is 2.04. The van der Waals surface area contributed by atoms with Gasteiger partial charge in [0.15, 0.2) is 5.96 Å². The Morgan fingerprint density at radius 1 is 1.39 bits per heavy atom. The van der Waals surface area contributed by atoms with Gasteiger partial charge in [0.25, 0.3) is 0 Å². The average Bonchev–Trinajstić information content (AvgIpc) is 2.58. The molecule has 0 unspecified atom stereocenters. The summed E-state index contributed by atoms with van der Waals surface area (Å²) in [5.74, 6) is 1.91. The van der Waals surface area contributed by atoms with Crippen LogP contribution in [0.4, 0.5) is 0 Å². The van der Waals surface area contributed by atoms with Crippen LogP contribution >= 0.6 is 0 Å². The summed E-state index contributed by atoms with van der Waals surface area (Å²) in [5.41, 5.74) is 1.30. The van der Waals surface area contributed by atoms with E-state index in [1.54, 1.807) is 7.11 Å². The van der Waals surface area contributed by atoms with Gasteiger partial charge >= 0.3 is 0 Å². The molecule has 0 aliphatic carbocycles. The summed E-state index contributed by atoms with van der Waals surface area (Å²) in [6.07, 6.45) is 6.16. The van der Waals surface area contributed by atoms with E-state index < -0.39 is 0 Å². The Hall–Kier alpha value is -1.97. The lowest BCUT2D eigenvalue weighted by atomic mass is 10.1. The fraction of sp³-hybridized carbons (Fsp3) is 0.526. The van der Waals surface area contributed by atoms with Crippen molar-refractivity contribution >= 4 is 5.96 Å². The molecule has 1 aromatic rings. The standard InChI is InChI=1S/C19H31N3O/c1-5-7-8-15-22(3)19(20-6-2)21-14-10-12-17-11-9-13-18(16-17)23-4/h5,9,11,13,16H,1,6-8,10,12,14-15H2,2-4H3,(H,20,21). The van der Waals surface area contributed by atoms with Gasteiger partial charge in [-0.15, -0.1) is 6.58 Å². The summed E-state index contributed by atoms with van der Waals surface area (Å²) in [5, 5.41) is 3.36. The van der Waals surface area contributed by atoms with Gasteiger partial charge in [-0.3, -0.25) is 4.99 Å². The summed E-state index contributed by atoms with van der Waals surface area (Å²) in [4.78, 5) is 6.92. The number of nitrogens with zero attached hydrogens (tertiary/aromatic N) is 2. The average molecular weight is 317 g/mol. The van der Waals surface area contributed by atoms with Crippen LogP contribution in [0, 0.1) is 0 Å². The first kappa shape index (κ1) is 19.1. The number of rotatable bonds is 10. The third-order valence-electron chi connectivity index (χ3n) is 3.62. The summed E-state index contributed by atoms with van der Waals surface area (Å²) < 4.78 is 5.26. The third-order valence-corrected chi connectivity index (χ3v) is 3.62. The molecule has 0 aliphatic heterocycles. The molecule has 0 spiro atoms. The van der Waals surface area contributed by atoms with Crippen molar-refractivity contribution in [3.8, 4) is 5.75 Å². The van der Waals surface area contributed by atoms with E-state index in [-0.39, 0.29) is 0 Å². The van der Waals surface area contributed by atoms with Crippen LogP contribution in [-0.2, 0) is 6.42 Å². The Kier molecular flexibility index (Phi) is 9.60. The largest absolute Gasteiger partial charge is 0.497 e. The molecular formula is C19H31N3O. The molecule has 0 heterocycles. The molecule has 0 saturated carbocycles. The van der Waals surface area contributed by atoms with E-state index in [9.17, 15) is 0 Å². The molecular weight excluding hydrogens is 286 g/mol. The molecule has 0 aromatic heterocycles. The highest BCUT2D eigenvalue weighted by Crippen LogP contribution is 2.13. The molecule has 4 nitrogen and oxygen atoms in total. The number of aryl methyl sites for hydroxylation is 1. The Bertz CT molecular complexity index is 485. The van der Waals surface area contributed by atoms with Crippen molar-refractivity contribution < 1.29 is 4.74 Å². The van der Waals surface area contributed by atoms with Gasteiger partial charge in [0.2, 0.25) is 0 Å². The molecule has 0 radical (unpaired) electrons. The Labute approximate surface area is 141 Å². The van der Waals surface area contributed by atoms with Crippen LogP contribution in [0.15, 0.2) is 41.9 Å². The normalized spacial score (nSPS) is 11.2. The summed E-state index contributed by atoms with van der Waals surface area (Å²) >= 11 is 0. The number of ether oxygens (including phenoxy) is 1. The second-order valence-corrected chi connectivity index (χ2v) is 5.54. The molecule has 0 bridgehead atoms. The molecule has 128 valence electrons. The van der Waals surface area contributed by atoms with E-state index >= 15 is 0 Å². The lowest BCUT2D eigenvalue weighted by Gasteiger charge is -2.21. The molecule has 1 rings (SSSR count). The van der Waals surface area contributed by atoms with Gasteiger partial charge < -0.3 is 15.0 Å². The highest BCUT2D eigenvalue weighted by molar-refractivity contribution is 5.79. The molecule has 1 N–H and O–H groups in total.